The Kier molecular flexibility index (Phi) is 3.72. The van der Waals surface area contributed by atoms with Gasteiger partial charge in [0.2, 0.25) is 0 Å². The quantitative estimate of drug-likeness (QED) is 0.657. The second kappa shape index (κ2) is 5.00. The number of rotatable bonds is 6. The Labute approximate surface area is 126 Å². The zero-order valence-corrected chi connectivity index (χ0v) is 14.0. The third-order valence-corrected chi connectivity index (χ3v) is 6.62. The number of hydrogen-bond donors (Lipinski definition) is 1. The summed E-state index contributed by atoms with van der Waals surface area (Å²) < 4.78 is 0. The third kappa shape index (κ3) is 2.80. The van der Waals surface area contributed by atoms with Crippen LogP contribution in [0.1, 0.15) is 91.4 Å². The Morgan fingerprint density at radius 2 is 1.65 bits per heavy atom. The van der Waals surface area contributed by atoms with Crippen LogP contribution in [0.15, 0.2) is 0 Å². The monoisotopic (exact) mass is 277 g/mol. The number of hydrogen-bond acceptors (Lipinski definition) is 1. The Balaban J connectivity index is 1.66. The van der Waals surface area contributed by atoms with Gasteiger partial charge in [0.15, 0.2) is 0 Å². The van der Waals surface area contributed by atoms with Crippen molar-refractivity contribution in [3.8, 4) is 0 Å². The summed E-state index contributed by atoms with van der Waals surface area (Å²) in [7, 11) is 0. The first-order valence-electron chi connectivity index (χ1n) is 9.12. The normalized spacial score (nSPS) is 47.7. The van der Waals surface area contributed by atoms with Crippen molar-refractivity contribution in [1.82, 2.24) is 0 Å². The van der Waals surface area contributed by atoms with E-state index in [9.17, 15) is 0 Å². The van der Waals surface area contributed by atoms with E-state index in [2.05, 4.69) is 20.8 Å². The second-order valence-corrected chi connectivity index (χ2v) is 9.59. The molecule has 3 unspecified atom stereocenters. The molecule has 4 fully saturated rings. The highest BCUT2D eigenvalue weighted by atomic mass is 14.7. The van der Waals surface area contributed by atoms with Crippen molar-refractivity contribution in [2.24, 2.45) is 27.9 Å². The Morgan fingerprint density at radius 1 is 1.00 bits per heavy atom. The van der Waals surface area contributed by atoms with Gasteiger partial charge in [-0.1, -0.05) is 40.0 Å². The molecule has 0 aromatic heterocycles. The van der Waals surface area contributed by atoms with Crippen molar-refractivity contribution in [3.05, 3.63) is 0 Å². The average molecular weight is 277 g/mol. The number of nitrogens with two attached hydrogens (primary N) is 1. The van der Waals surface area contributed by atoms with Crippen molar-refractivity contribution < 1.29 is 0 Å². The van der Waals surface area contributed by atoms with Crippen LogP contribution in [0.4, 0.5) is 0 Å². The van der Waals surface area contributed by atoms with Crippen molar-refractivity contribution in [2.75, 3.05) is 0 Å². The van der Waals surface area contributed by atoms with Gasteiger partial charge >= 0.3 is 0 Å². The zero-order chi connectivity index (χ0) is 14.4. The van der Waals surface area contributed by atoms with E-state index in [1.54, 1.807) is 0 Å². The summed E-state index contributed by atoms with van der Waals surface area (Å²) in [6, 6.07) is 0.463. The molecular formula is C19H35N. The summed E-state index contributed by atoms with van der Waals surface area (Å²) in [5.41, 5.74) is 8.44. The fraction of sp³-hybridized carbons (Fsp3) is 1.00. The van der Waals surface area contributed by atoms with E-state index >= 15 is 0 Å². The molecule has 4 bridgehead atoms. The van der Waals surface area contributed by atoms with Gasteiger partial charge in [-0.15, -0.1) is 0 Å². The molecule has 20 heavy (non-hydrogen) atoms. The van der Waals surface area contributed by atoms with Crippen molar-refractivity contribution in [1.29, 1.82) is 0 Å². The van der Waals surface area contributed by atoms with Gasteiger partial charge in [-0.05, 0) is 73.5 Å². The lowest BCUT2D eigenvalue weighted by Gasteiger charge is -2.66. The Hall–Kier alpha value is -0.0400. The highest BCUT2D eigenvalue weighted by Crippen LogP contribution is 2.70. The third-order valence-electron chi connectivity index (χ3n) is 6.62. The fourth-order valence-electron chi connectivity index (χ4n) is 7.23. The minimum atomic E-state index is 0.463. The minimum Gasteiger partial charge on any atom is -0.328 e. The van der Waals surface area contributed by atoms with Crippen molar-refractivity contribution in [3.63, 3.8) is 0 Å². The van der Waals surface area contributed by atoms with E-state index in [4.69, 9.17) is 5.73 Å². The van der Waals surface area contributed by atoms with E-state index in [0.717, 1.165) is 5.92 Å². The molecule has 4 aliphatic carbocycles. The molecular weight excluding hydrogens is 242 g/mol. The molecule has 0 radical (unpaired) electrons. The van der Waals surface area contributed by atoms with Crippen LogP contribution in [0, 0.1) is 22.2 Å². The van der Waals surface area contributed by atoms with Crippen LogP contribution in [0.25, 0.3) is 0 Å². The molecule has 0 spiro atoms. The first-order chi connectivity index (χ1) is 9.36. The van der Waals surface area contributed by atoms with E-state index < -0.39 is 0 Å². The predicted molar refractivity (Wildman–Crippen MR) is 86.6 cm³/mol. The molecule has 4 aliphatic rings. The molecule has 0 amide bonds. The van der Waals surface area contributed by atoms with Crippen LogP contribution in [0.3, 0.4) is 0 Å². The summed E-state index contributed by atoms with van der Waals surface area (Å²) in [6.45, 7) is 7.44. The van der Waals surface area contributed by atoms with Gasteiger partial charge in [-0.25, -0.2) is 0 Å². The molecule has 4 rings (SSSR count). The molecule has 0 aromatic carbocycles. The van der Waals surface area contributed by atoms with Gasteiger partial charge < -0.3 is 5.73 Å². The highest BCUT2D eigenvalue weighted by molar-refractivity contribution is 5.10. The maximum absolute atomic E-state index is 6.52. The van der Waals surface area contributed by atoms with Crippen LogP contribution >= 0.6 is 0 Å². The molecule has 3 atom stereocenters. The lowest BCUT2D eigenvalue weighted by molar-refractivity contribution is -0.149. The average Bonchev–Trinajstić information content (AvgIpc) is 2.22. The van der Waals surface area contributed by atoms with Crippen LogP contribution in [-0.4, -0.2) is 6.04 Å². The molecule has 1 heteroatoms. The highest BCUT2D eigenvalue weighted by Gasteiger charge is 2.59. The maximum Gasteiger partial charge on any atom is 0.00441 e. The summed E-state index contributed by atoms with van der Waals surface area (Å²) in [6.07, 6.45) is 15.6. The van der Waals surface area contributed by atoms with Gasteiger partial charge in [0.1, 0.15) is 0 Å². The topological polar surface area (TPSA) is 26.0 Å². The Morgan fingerprint density at radius 3 is 2.20 bits per heavy atom. The molecule has 1 nitrogen and oxygen atoms in total. The van der Waals surface area contributed by atoms with Crippen LogP contribution < -0.4 is 5.73 Å². The Bertz CT molecular complexity index is 343. The number of unbranched alkanes of at least 4 members (excludes halogenated alkanes) is 2. The molecule has 0 heterocycles. The van der Waals surface area contributed by atoms with E-state index in [1.165, 1.54) is 70.6 Å². The predicted octanol–water partition coefficient (Wildman–Crippen LogP) is 5.28. The lowest BCUT2D eigenvalue weighted by atomic mass is 9.39. The smallest absolute Gasteiger partial charge is 0.00441 e. The maximum atomic E-state index is 6.52. The largest absolute Gasteiger partial charge is 0.328 e. The van der Waals surface area contributed by atoms with Crippen LogP contribution in [-0.2, 0) is 0 Å². The van der Waals surface area contributed by atoms with Crippen molar-refractivity contribution >= 4 is 0 Å². The van der Waals surface area contributed by atoms with Crippen LogP contribution in [0.5, 0.6) is 0 Å². The SMILES string of the molecule is CCCCCC(N)CC12CC3CC(C)(CC(C)(C3)C1)C2. The van der Waals surface area contributed by atoms with Gasteiger partial charge in [-0.3, -0.25) is 0 Å². The summed E-state index contributed by atoms with van der Waals surface area (Å²) in [4.78, 5) is 0. The van der Waals surface area contributed by atoms with E-state index in [0.29, 0.717) is 22.3 Å². The molecule has 0 aliphatic heterocycles. The minimum absolute atomic E-state index is 0.463. The van der Waals surface area contributed by atoms with Crippen LogP contribution in [0.2, 0.25) is 0 Å². The summed E-state index contributed by atoms with van der Waals surface area (Å²) in [5, 5.41) is 0. The van der Waals surface area contributed by atoms with Gasteiger partial charge in [0, 0.05) is 6.04 Å². The van der Waals surface area contributed by atoms with E-state index in [-0.39, 0.29) is 0 Å². The molecule has 0 saturated heterocycles. The molecule has 4 saturated carbocycles. The lowest BCUT2D eigenvalue weighted by Crippen LogP contribution is -2.56. The fourth-order valence-corrected chi connectivity index (χ4v) is 7.23. The van der Waals surface area contributed by atoms with Gasteiger partial charge in [0.25, 0.3) is 0 Å². The summed E-state index contributed by atoms with van der Waals surface area (Å²) in [5.74, 6) is 1.02. The van der Waals surface area contributed by atoms with Gasteiger partial charge in [0.05, 0.1) is 0 Å². The zero-order valence-electron chi connectivity index (χ0n) is 14.0. The van der Waals surface area contributed by atoms with E-state index in [1.807, 2.05) is 0 Å². The molecule has 0 aromatic rings. The molecule has 116 valence electrons. The van der Waals surface area contributed by atoms with Gasteiger partial charge in [-0.2, -0.15) is 0 Å². The first-order valence-corrected chi connectivity index (χ1v) is 9.12. The summed E-state index contributed by atoms with van der Waals surface area (Å²) >= 11 is 0. The first kappa shape index (κ1) is 14.9. The molecule has 2 N–H and O–H groups in total. The second-order valence-electron chi connectivity index (χ2n) is 9.59. The van der Waals surface area contributed by atoms with Crippen molar-refractivity contribution in [2.45, 2.75) is 97.4 Å². The standard InChI is InChI=1S/C19H35N/c1-4-5-6-7-16(20)11-19-10-15-8-17(2,13-19)12-18(3,9-15)14-19/h15-16H,4-14,20H2,1-3H3.